The van der Waals surface area contributed by atoms with E-state index < -0.39 is 21.7 Å². The summed E-state index contributed by atoms with van der Waals surface area (Å²) in [5, 5.41) is 2.70. The fraction of sp³-hybridized carbons (Fsp3) is 0.0500. The second kappa shape index (κ2) is 9.46. The van der Waals surface area contributed by atoms with Crippen LogP contribution in [0.25, 0.3) is 0 Å². The summed E-state index contributed by atoms with van der Waals surface area (Å²) in [5.41, 5.74) is 0.794. The van der Waals surface area contributed by atoms with Crippen LogP contribution in [-0.4, -0.2) is 20.9 Å². The lowest BCUT2D eigenvalue weighted by Gasteiger charge is -2.12. The van der Waals surface area contributed by atoms with Gasteiger partial charge in [0.25, 0.3) is 15.9 Å². The molecule has 0 aromatic heterocycles. The van der Waals surface area contributed by atoms with Crippen LogP contribution < -0.4 is 14.8 Å². The van der Waals surface area contributed by atoms with E-state index in [1.807, 2.05) is 6.07 Å². The molecule has 6 nitrogen and oxygen atoms in total. The van der Waals surface area contributed by atoms with Crippen molar-refractivity contribution >= 4 is 54.8 Å². The molecular weight excluding hydrogens is 499 g/mol. The van der Waals surface area contributed by atoms with Gasteiger partial charge in [0.05, 0.1) is 15.6 Å². The van der Waals surface area contributed by atoms with Gasteiger partial charge in [0, 0.05) is 10.2 Å². The van der Waals surface area contributed by atoms with E-state index in [9.17, 15) is 17.6 Å². The van der Waals surface area contributed by atoms with Crippen LogP contribution in [0.3, 0.4) is 0 Å². The Bertz CT molecular complexity index is 1170. The summed E-state index contributed by atoms with van der Waals surface area (Å²) >= 11 is 9.45. The highest BCUT2D eigenvalue weighted by molar-refractivity contribution is 9.10. The number of halogens is 3. The first-order valence-corrected chi connectivity index (χ1v) is 11.1. The van der Waals surface area contributed by atoms with Crippen molar-refractivity contribution in [3.05, 3.63) is 82.0 Å². The number of hydrogen-bond acceptors (Lipinski definition) is 4. The Kier molecular flexibility index (Phi) is 6.96. The average molecular weight is 514 g/mol. The van der Waals surface area contributed by atoms with Gasteiger partial charge >= 0.3 is 0 Å². The molecule has 0 saturated carbocycles. The van der Waals surface area contributed by atoms with E-state index in [-0.39, 0.29) is 28.0 Å². The van der Waals surface area contributed by atoms with E-state index in [0.29, 0.717) is 5.69 Å². The minimum atomic E-state index is -3.94. The van der Waals surface area contributed by atoms with Crippen LogP contribution in [0.15, 0.2) is 76.1 Å². The van der Waals surface area contributed by atoms with Crippen molar-refractivity contribution in [3.8, 4) is 5.75 Å². The highest BCUT2D eigenvalue weighted by Crippen LogP contribution is 2.28. The highest BCUT2D eigenvalue weighted by atomic mass is 79.9. The van der Waals surface area contributed by atoms with Gasteiger partial charge in [-0.05, 0) is 70.5 Å². The largest absolute Gasteiger partial charge is 0.482 e. The number of anilines is 2. The molecule has 2 N–H and O–H groups in total. The molecule has 1 amide bonds. The Balaban J connectivity index is 1.65. The van der Waals surface area contributed by atoms with Crippen LogP contribution in [0.4, 0.5) is 15.8 Å². The van der Waals surface area contributed by atoms with Crippen molar-refractivity contribution in [1.29, 1.82) is 0 Å². The Morgan fingerprint density at radius 2 is 1.77 bits per heavy atom. The number of benzene rings is 3. The van der Waals surface area contributed by atoms with Crippen LogP contribution in [-0.2, 0) is 14.8 Å². The van der Waals surface area contributed by atoms with Gasteiger partial charge in [0.15, 0.2) is 6.61 Å². The fourth-order valence-corrected chi connectivity index (χ4v) is 4.16. The third-order valence-electron chi connectivity index (χ3n) is 3.82. The molecule has 156 valence electrons. The number of hydrogen-bond donors (Lipinski definition) is 2. The lowest BCUT2D eigenvalue weighted by atomic mass is 10.3. The highest BCUT2D eigenvalue weighted by Gasteiger charge is 2.17. The van der Waals surface area contributed by atoms with Crippen LogP contribution in [0.1, 0.15) is 0 Å². The maximum Gasteiger partial charge on any atom is 0.262 e. The third kappa shape index (κ3) is 5.71. The van der Waals surface area contributed by atoms with Gasteiger partial charge in [0.2, 0.25) is 0 Å². The first-order valence-electron chi connectivity index (χ1n) is 8.50. The van der Waals surface area contributed by atoms with E-state index in [0.717, 1.165) is 16.6 Å². The topological polar surface area (TPSA) is 84.5 Å². The van der Waals surface area contributed by atoms with E-state index in [1.54, 1.807) is 18.2 Å². The number of carbonyl (C=O) groups is 1. The number of rotatable bonds is 7. The Morgan fingerprint density at radius 1 is 1.07 bits per heavy atom. The van der Waals surface area contributed by atoms with Gasteiger partial charge < -0.3 is 10.1 Å². The molecule has 0 radical (unpaired) electrons. The number of sulfonamides is 1. The molecule has 0 aliphatic heterocycles. The molecule has 3 aromatic rings. The number of amides is 1. The summed E-state index contributed by atoms with van der Waals surface area (Å²) in [6.45, 7) is -0.318. The molecule has 0 spiro atoms. The van der Waals surface area contributed by atoms with Crippen molar-refractivity contribution in [2.45, 2.75) is 4.90 Å². The van der Waals surface area contributed by atoms with Crippen LogP contribution in [0.2, 0.25) is 5.02 Å². The maximum absolute atomic E-state index is 13.0. The molecular formula is C20H15BrClFN2O4S. The molecule has 30 heavy (non-hydrogen) atoms. The average Bonchev–Trinajstić information content (AvgIpc) is 2.70. The van der Waals surface area contributed by atoms with Crippen molar-refractivity contribution in [3.63, 3.8) is 0 Å². The zero-order valence-corrected chi connectivity index (χ0v) is 18.4. The van der Waals surface area contributed by atoms with Gasteiger partial charge in [-0.15, -0.1) is 0 Å². The monoisotopic (exact) mass is 512 g/mol. The van der Waals surface area contributed by atoms with E-state index in [1.165, 1.54) is 30.3 Å². The summed E-state index contributed by atoms with van der Waals surface area (Å²) in [6.07, 6.45) is 0. The number of nitrogens with one attached hydrogen (secondary N) is 2. The molecule has 0 atom stereocenters. The minimum absolute atomic E-state index is 0.0191. The first kappa shape index (κ1) is 22.1. The fourth-order valence-electron chi connectivity index (χ4n) is 2.39. The Labute approximate surface area is 186 Å². The molecule has 0 fully saturated rings. The molecule has 0 bridgehead atoms. The van der Waals surface area contributed by atoms with Gasteiger partial charge in [-0.3, -0.25) is 9.52 Å². The predicted octanol–water partition coefficient (Wildman–Crippen LogP) is 5.06. The van der Waals surface area contributed by atoms with Crippen LogP contribution in [0.5, 0.6) is 5.75 Å². The van der Waals surface area contributed by atoms with Crippen molar-refractivity contribution in [2.75, 3.05) is 16.6 Å². The second-order valence-corrected chi connectivity index (χ2v) is 8.97. The van der Waals surface area contributed by atoms with Crippen LogP contribution >= 0.6 is 27.5 Å². The predicted molar refractivity (Wildman–Crippen MR) is 117 cm³/mol. The van der Waals surface area contributed by atoms with Gasteiger partial charge in [-0.2, -0.15) is 0 Å². The molecule has 0 saturated heterocycles. The lowest BCUT2D eigenvalue weighted by molar-refractivity contribution is -0.118. The summed E-state index contributed by atoms with van der Waals surface area (Å²) in [6, 6.07) is 15.8. The lowest BCUT2D eigenvalue weighted by Crippen LogP contribution is -2.20. The number of para-hydroxylation sites is 1. The van der Waals surface area contributed by atoms with E-state index in [4.69, 9.17) is 16.3 Å². The summed E-state index contributed by atoms with van der Waals surface area (Å²) in [4.78, 5) is 12.0. The standard InChI is InChI=1S/C20H15BrClFN2O4S/c21-16-3-1-2-4-18(16)24-20(26)12-29-19-10-9-15(11-17(19)22)30(27,28)25-14-7-5-13(23)6-8-14/h1-11,25H,12H2,(H,24,26). The van der Waals surface area contributed by atoms with Crippen LogP contribution in [0, 0.1) is 5.82 Å². The molecule has 0 unspecified atom stereocenters. The van der Waals surface area contributed by atoms with Crippen molar-refractivity contribution in [2.24, 2.45) is 0 Å². The summed E-state index contributed by atoms with van der Waals surface area (Å²) in [7, 11) is -3.94. The maximum atomic E-state index is 13.0. The zero-order chi connectivity index (χ0) is 21.7. The summed E-state index contributed by atoms with van der Waals surface area (Å²) < 4.78 is 46.4. The van der Waals surface area contributed by atoms with Crippen molar-refractivity contribution < 1.29 is 22.3 Å². The third-order valence-corrected chi connectivity index (χ3v) is 6.18. The molecule has 0 heterocycles. The smallest absolute Gasteiger partial charge is 0.262 e. The molecule has 0 aliphatic carbocycles. The van der Waals surface area contributed by atoms with Gasteiger partial charge in [-0.25, -0.2) is 12.8 Å². The Morgan fingerprint density at radius 3 is 2.43 bits per heavy atom. The number of carbonyl (C=O) groups excluding carboxylic acids is 1. The second-order valence-electron chi connectivity index (χ2n) is 6.02. The number of ether oxygens (including phenoxy) is 1. The zero-order valence-electron chi connectivity index (χ0n) is 15.2. The minimum Gasteiger partial charge on any atom is -0.482 e. The SMILES string of the molecule is O=C(COc1ccc(S(=O)(=O)Nc2ccc(F)cc2)cc1Cl)Nc1ccccc1Br. The quantitative estimate of drug-likeness (QED) is 0.462. The van der Waals surface area contributed by atoms with E-state index >= 15 is 0 Å². The first-order chi connectivity index (χ1) is 14.2. The van der Waals surface area contributed by atoms with Crippen molar-refractivity contribution in [1.82, 2.24) is 0 Å². The van der Waals surface area contributed by atoms with Gasteiger partial charge in [0.1, 0.15) is 11.6 Å². The Hall–Kier alpha value is -2.62. The normalized spacial score (nSPS) is 11.0. The van der Waals surface area contributed by atoms with E-state index in [2.05, 4.69) is 26.0 Å². The van der Waals surface area contributed by atoms with Gasteiger partial charge in [-0.1, -0.05) is 23.7 Å². The molecule has 3 aromatic carbocycles. The molecule has 0 aliphatic rings. The summed E-state index contributed by atoms with van der Waals surface area (Å²) in [5.74, 6) is -0.738. The molecule has 3 rings (SSSR count). The molecule has 10 heteroatoms.